The Morgan fingerprint density at radius 1 is 1.17 bits per heavy atom. The number of likely N-dealkylation sites (tertiary alicyclic amines) is 1. The Bertz CT molecular complexity index is 1180. The van der Waals surface area contributed by atoms with E-state index in [0.29, 0.717) is 0 Å². The van der Waals surface area contributed by atoms with Gasteiger partial charge >= 0.3 is 6.09 Å². The number of aliphatic hydroxyl groups is 1. The normalized spacial score (nSPS) is 15.6. The van der Waals surface area contributed by atoms with Gasteiger partial charge in [-0.2, -0.15) is 0 Å². The maximum absolute atomic E-state index is 11.5. The van der Waals surface area contributed by atoms with Crippen LogP contribution in [0.1, 0.15) is 56.9 Å². The number of fused-ring (bicyclic) bond motifs is 2. The number of carbonyl (C=O) groups is 1. The minimum Gasteiger partial charge on any atom is -0.444 e. The van der Waals surface area contributed by atoms with Crippen molar-refractivity contribution in [3.63, 3.8) is 0 Å². The fourth-order valence-corrected chi connectivity index (χ4v) is 5.70. The number of ether oxygens (including phenoxy) is 1. The number of amides is 1. The quantitative estimate of drug-likeness (QED) is 0.389. The number of halogens is 1. The number of rotatable bonds is 2. The zero-order valence-electron chi connectivity index (χ0n) is 20.7. The summed E-state index contributed by atoms with van der Waals surface area (Å²) in [5.41, 5.74) is 5.27. The van der Waals surface area contributed by atoms with Crippen molar-refractivity contribution in [3.05, 3.63) is 45.9 Å². The SMILES string of the molecule is CC(C)(C)OC(=O)N1CCCCC1.OCc1cc2nccc(-c3cc(Cl)cc4c3NCCC4)c2s1. The summed E-state index contributed by atoms with van der Waals surface area (Å²) in [7, 11) is 0. The lowest BCUT2D eigenvalue weighted by atomic mass is 9.95. The van der Waals surface area contributed by atoms with E-state index in [4.69, 9.17) is 16.3 Å². The fraction of sp³-hybridized carbons (Fsp3) is 0.481. The maximum atomic E-state index is 11.5. The first-order valence-corrected chi connectivity index (χ1v) is 13.5. The number of benzene rings is 1. The summed E-state index contributed by atoms with van der Waals surface area (Å²) in [6, 6.07) is 8.06. The Hall–Kier alpha value is -2.35. The summed E-state index contributed by atoms with van der Waals surface area (Å²) in [4.78, 5) is 18.7. The molecule has 0 spiro atoms. The fourth-order valence-electron chi connectivity index (χ4n) is 4.45. The maximum Gasteiger partial charge on any atom is 0.410 e. The summed E-state index contributed by atoms with van der Waals surface area (Å²) in [5, 5.41) is 13.7. The Labute approximate surface area is 216 Å². The van der Waals surface area contributed by atoms with Crippen LogP contribution in [-0.2, 0) is 17.8 Å². The van der Waals surface area contributed by atoms with E-state index in [1.165, 1.54) is 17.7 Å². The molecule has 0 radical (unpaired) electrons. The topological polar surface area (TPSA) is 74.7 Å². The van der Waals surface area contributed by atoms with Gasteiger partial charge in [0.1, 0.15) is 5.60 Å². The summed E-state index contributed by atoms with van der Waals surface area (Å²) in [6.45, 7) is 8.44. The molecule has 5 rings (SSSR count). The van der Waals surface area contributed by atoms with Gasteiger partial charge in [-0.05, 0) is 82.7 Å². The number of carbonyl (C=O) groups excluding carboxylic acids is 1. The van der Waals surface area contributed by atoms with Crippen LogP contribution in [0, 0.1) is 0 Å². The first kappa shape index (κ1) is 25.7. The number of anilines is 1. The van der Waals surface area contributed by atoms with Gasteiger partial charge in [0, 0.05) is 52.5 Å². The molecule has 2 aliphatic rings. The monoisotopic (exact) mass is 515 g/mol. The van der Waals surface area contributed by atoms with E-state index in [2.05, 4.69) is 16.4 Å². The third-order valence-electron chi connectivity index (χ3n) is 6.03. The highest BCUT2D eigenvalue weighted by atomic mass is 35.5. The van der Waals surface area contributed by atoms with Crippen LogP contribution < -0.4 is 5.32 Å². The van der Waals surface area contributed by atoms with Crippen molar-refractivity contribution in [2.45, 2.75) is 65.1 Å². The number of aliphatic hydroxyl groups excluding tert-OH is 1. The molecule has 2 aliphatic heterocycles. The molecule has 8 heteroatoms. The first-order valence-electron chi connectivity index (χ1n) is 12.3. The summed E-state index contributed by atoms with van der Waals surface area (Å²) in [6.07, 6.45) is 7.30. The highest BCUT2D eigenvalue weighted by Crippen LogP contribution is 2.41. The number of aryl methyl sites for hydroxylation is 1. The smallest absolute Gasteiger partial charge is 0.410 e. The van der Waals surface area contributed by atoms with Gasteiger partial charge < -0.3 is 20.1 Å². The van der Waals surface area contributed by atoms with E-state index in [9.17, 15) is 9.90 Å². The van der Waals surface area contributed by atoms with E-state index in [-0.39, 0.29) is 18.3 Å². The summed E-state index contributed by atoms with van der Waals surface area (Å²) in [5.74, 6) is 0. The number of thiophene rings is 1. The summed E-state index contributed by atoms with van der Waals surface area (Å²) >= 11 is 7.93. The molecule has 1 fully saturated rings. The molecule has 1 saturated heterocycles. The van der Waals surface area contributed by atoms with Crippen molar-refractivity contribution in [2.75, 3.05) is 25.0 Å². The van der Waals surface area contributed by atoms with Crippen LogP contribution in [0.2, 0.25) is 5.02 Å². The Balaban J connectivity index is 0.000000191. The predicted octanol–water partition coefficient (Wildman–Crippen LogP) is 6.87. The van der Waals surface area contributed by atoms with Crippen molar-refractivity contribution < 1.29 is 14.6 Å². The highest BCUT2D eigenvalue weighted by Gasteiger charge is 2.23. The second-order valence-electron chi connectivity index (χ2n) is 9.99. The van der Waals surface area contributed by atoms with Crippen LogP contribution in [-0.4, -0.2) is 46.3 Å². The number of nitrogens with zero attached hydrogens (tertiary/aromatic N) is 2. The van der Waals surface area contributed by atoms with Crippen molar-refractivity contribution in [3.8, 4) is 11.1 Å². The van der Waals surface area contributed by atoms with Crippen molar-refractivity contribution in [1.29, 1.82) is 0 Å². The van der Waals surface area contributed by atoms with Crippen LogP contribution >= 0.6 is 22.9 Å². The number of aromatic nitrogens is 1. The van der Waals surface area contributed by atoms with Crippen LogP contribution in [0.4, 0.5) is 10.5 Å². The van der Waals surface area contributed by atoms with Crippen molar-refractivity contribution >= 4 is 44.9 Å². The lowest BCUT2D eigenvalue weighted by molar-refractivity contribution is 0.0216. The molecule has 4 heterocycles. The molecule has 0 atom stereocenters. The molecule has 1 aromatic carbocycles. The van der Waals surface area contributed by atoms with Gasteiger partial charge in [0.2, 0.25) is 0 Å². The molecule has 0 aliphatic carbocycles. The molecule has 35 heavy (non-hydrogen) atoms. The zero-order chi connectivity index (χ0) is 25.0. The molecule has 2 aromatic heterocycles. The second-order valence-corrected chi connectivity index (χ2v) is 11.6. The predicted molar refractivity (Wildman–Crippen MR) is 144 cm³/mol. The van der Waals surface area contributed by atoms with E-state index in [0.717, 1.165) is 76.6 Å². The largest absolute Gasteiger partial charge is 0.444 e. The highest BCUT2D eigenvalue weighted by molar-refractivity contribution is 7.19. The number of nitrogens with one attached hydrogen (secondary N) is 1. The molecule has 3 aromatic rings. The Morgan fingerprint density at radius 2 is 1.94 bits per heavy atom. The van der Waals surface area contributed by atoms with Gasteiger partial charge in [0.15, 0.2) is 0 Å². The zero-order valence-corrected chi connectivity index (χ0v) is 22.3. The standard InChI is InChI=1S/C17H15ClN2OS.C10H19NO2/c18-11-6-10-2-1-4-20-16(10)14(7-11)13-3-5-19-15-8-12(9-21)22-17(13)15;1-10(2,3)13-9(12)11-7-5-4-6-8-11/h3,5-8,20-21H,1-2,4,9H2;4-8H2,1-3H3. The molecule has 6 nitrogen and oxygen atoms in total. The van der Waals surface area contributed by atoms with E-state index >= 15 is 0 Å². The molecule has 0 bridgehead atoms. The average Bonchev–Trinajstić information content (AvgIpc) is 3.27. The third kappa shape index (κ3) is 6.46. The molecular formula is C27H34ClN3O3S. The van der Waals surface area contributed by atoms with E-state index in [1.54, 1.807) is 16.2 Å². The number of hydrogen-bond donors (Lipinski definition) is 2. The van der Waals surface area contributed by atoms with Crippen molar-refractivity contribution in [2.24, 2.45) is 0 Å². The Morgan fingerprint density at radius 3 is 2.66 bits per heavy atom. The minimum absolute atomic E-state index is 0.0480. The van der Waals surface area contributed by atoms with Gasteiger partial charge in [-0.25, -0.2) is 4.79 Å². The Kier molecular flexibility index (Phi) is 8.19. The van der Waals surface area contributed by atoms with Gasteiger partial charge in [-0.1, -0.05) is 11.6 Å². The molecule has 0 saturated carbocycles. The van der Waals surface area contributed by atoms with Crippen LogP contribution in [0.25, 0.3) is 21.3 Å². The van der Waals surface area contributed by atoms with Crippen LogP contribution in [0.3, 0.4) is 0 Å². The first-order chi connectivity index (χ1) is 16.7. The molecule has 0 unspecified atom stereocenters. The molecule has 2 N–H and O–H groups in total. The van der Waals surface area contributed by atoms with Gasteiger partial charge in [-0.3, -0.25) is 4.98 Å². The second kappa shape index (κ2) is 11.1. The average molecular weight is 516 g/mol. The minimum atomic E-state index is -0.367. The molecule has 188 valence electrons. The van der Waals surface area contributed by atoms with Crippen LogP contribution in [0.5, 0.6) is 0 Å². The lowest BCUT2D eigenvalue weighted by Crippen LogP contribution is -2.39. The molecular weight excluding hydrogens is 482 g/mol. The lowest BCUT2D eigenvalue weighted by Gasteiger charge is -2.29. The van der Waals surface area contributed by atoms with Gasteiger partial charge in [0.05, 0.1) is 16.8 Å². The number of hydrogen-bond acceptors (Lipinski definition) is 6. The van der Waals surface area contributed by atoms with Gasteiger partial charge in [0.25, 0.3) is 0 Å². The van der Waals surface area contributed by atoms with E-state index in [1.807, 2.05) is 45.2 Å². The summed E-state index contributed by atoms with van der Waals surface area (Å²) < 4.78 is 6.36. The van der Waals surface area contributed by atoms with Crippen LogP contribution in [0.15, 0.2) is 30.5 Å². The molecule has 1 amide bonds. The van der Waals surface area contributed by atoms with Crippen molar-refractivity contribution in [1.82, 2.24) is 9.88 Å². The number of piperidine rings is 1. The third-order valence-corrected chi connectivity index (χ3v) is 7.39. The number of pyridine rings is 1. The van der Waals surface area contributed by atoms with Gasteiger partial charge in [-0.15, -0.1) is 11.3 Å². The van der Waals surface area contributed by atoms with E-state index < -0.39 is 0 Å².